The first-order valence-electron chi connectivity index (χ1n) is 7.65. The second kappa shape index (κ2) is 6.81. The number of anilines is 1. The molecule has 2 aromatic carbocycles. The van der Waals surface area contributed by atoms with E-state index >= 15 is 0 Å². The highest BCUT2D eigenvalue weighted by molar-refractivity contribution is 6.35. The lowest BCUT2D eigenvalue weighted by Gasteiger charge is -2.42. The highest BCUT2D eigenvalue weighted by Gasteiger charge is 2.38. The monoisotopic (exact) mass is 348 g/mol. The van der Waals surface area contributed by atoms with Crippen LogP contribution in [0.3, 0.4) is 0 Å². The number of nitrogens with one attached hydrogen (secondary N) is 2. The van der Waals surface area contributed by atoms with Gasteiger partial charge in [0, 0.05) is 17.0 Å². The summed E-state index contributed by atoms with van der Waals surface area (Å²) in [5, 5.41) is 6.72. The third kappa shape index (κ3) is 3.62. The molecule has 2 aromatic rings. The van der Waals surface area contributed by atoms with Crippen molar-refractivity contribution in [2.75, 3.05) is 11.9 Å². The van der Waals surface area contributed by atoms with Gasteiger partial charge in [0.25, 0.3) is 0 Å². The first kappa shape index (κ1) is 16.2. The van der Waals surface area contributed by atoms with Gasteiger partial charge in [-0.25, -0.2) is 4.79 Å². The van der Waals surface area contributed by atoms with Crippen molar-refractivity contribution in [1.29, 1.82) is 0 Å². The summed E-state index contributed by atoms with van der Waals surface area (Å²) < 4.78 is 0. The van der Waals surface area contributed by atoms with Gasteiger partial charge in [0.2, 0.25) is 0 Å². The Morgan fingerprint density at radius 2 is 1.83 bits per heavy atom. The molecule has 1 aliphatic rings. The van der Waals surface area contributed by atoms with Crippen molar-refractivity contribution >= 4 is 34.9 Å². The van der Waals surface area contributed by atoms with Gasteiger partial charge >= 0.3 is 6.03 Å². The third-order valence-corrected chi connectivity index (χ3v) is 5.03. The Morgan fingerprint density at radius 3 is 2.48 bits per heavy atom. The van der Waals surface area contributed by atoms with E-state index in [-0.39, 0.29) is 11.4 Å². The van der Waals surface area contributed by atoms with Crippen LogP contribution in [0, 0.1) is 0 Å². The molecule has 0 heterocycles. The Morgan fingerprint density at radius 1 is 1.09 bits per heavy atom. The van der Waals surface area contributed by atoms with Crippen molar-refractivity contribution < 1.29 is 4.79 Å². The van der Waals surface area contributed by atoms with E-state index in [1.54, 1.807) is 18.2 Å². The molecule has 3 nitrogen and oxygen atoms in total. The minimum atomic E-state index is -0.267. The first-order chi connectivity index (χ1) is 11.1. The number of amides is 2. The van der Waals surface area contributed by atoms with Crippen molar-refractivity contribution in [3.8, 4) is 0 Å². The maximum Gasteiger partial charge on any atom is 0.319 e. The zero-order valence-corrected chi connectivity index (χ0v) is 14.1. The molecule has 0 spiro atoms. The molecule has 120 valence electrons. The Labute approximate surface area is 146 Å². The van der Waals surface area contributed by atoms with Gasteiger partial charge in [0.1, 0.15) is 0 Å². The Kier molecular flexibility index (Phi) is 4.79. The van der Waals surface area contributed by atoms with Gasteiger partial charge in [0.05, 0.1) is 10.7 Å². The largest absolute Gasteiger partial charge is 0.337 e. The van der Waals surface area contributed by atoms with Crippen LogP contribution < -0.4 is 10.6 Å². The normalized spacial score (nSPS) is 15.6. The van der Waals surface area contributed by atoms with E-state index in [0.29, 0.717) is 22.3 Å². The van der Waals surface area contributed by atoms with Gasteiger partial charge in [-0.05, 0) is 36.6 Å². The molecule has 5 heteroatoms. The summed E-state index contributed by atoms with van der Waals surface area (Å²) in [7, 11) is 0. The first-order valence-corrected chi connectivity index (χ1v) is 8.40. The van der Waals surface area contributed by atoms with Crippen LogP contribution in [-0.4, -0.2) is 12.6 Å². The van der Waals surface area contributed by atoms with E-state index in [2.05, 4.69) is 22.8 Å². The molecule has 0 atom stereocenters. The van der Waals surface area contributed by atoms with E-state index in [0.717, 1.165) is 12.8 Å². The fourth-order valence-corrected chi connectivity index (χ4v) is 3.31. The summed E-state index contributed by atoms with van der Waals surface area (Å²) >= 11 is 12.0. The van der Waals surface area contributed by atoms with Gasteiger partial charge in [-0.2, -0.15) is 0 Å². The summed E-state index contributed by atoms with van der Waals surface area (Å²) in [5.41, 5.74) is 1.85. The molecule has 0 bridgehead atoms. The molecular formula is C18H18Cl2N2O. The van der Waals surface area contributed by atoms with Gasteiger partial charge < -0.3 is 10.6 Å². The fourth-order valence-electron chi connectivity index (χ4n) is 2.97. The standard InChI is InChI=1S/C18H18Cl2N2O/c19-14-7-8-15(20)16(11-14)22-17(23)21-12-18(9-4-10-18)13-5-2-1-3-6-13/h1-3,5-8,11H,4,9-10,12H2,(H2,21,22,23). The topological polar surface area (TPSA) is 41.1 Å². The van der Waals surface area contributed by atoms with Gasteiger partial charge in [0.15, 0.2) is 0 Å². The number of rotatable bonds is 4. The second-order valence-corrected chi connectivity index (χ2v) is 6.78. The maximum atomic E-state index is 12.2. The SMILES string of the molecule is O=C(NCC1(c2ccccc2)CCC1)Nc1cc(Cl)ccc1Cl. The molecule has 1 fully saturated rings. The van der Waals surface area contributed by atoms with Crippen LogP contribution in [0.4, 0.5) is 10.5 Å². The van der Waals surface area contributed by atoms with Crippen molar-refractivity contribution in [3.63, 3.8) is 0 Å². The van der Waals surface area contributed by atoms with Gasteiger partial charge in [-0.3, -0.25) is 0 Å². The number of halogens is 2. The van der Waals surface area contributed by atoms with E-state index in [1.807, 2.05) is 18.2 Å². The molecule has 2 N–H and O–H groups in total. The van der Waals surface area contributed by atoms with E-state index in [9.17, 15) is 4.79 Å². The quantitative estimate of drug-likeness (QED) is 0.779. The lowest BCUT2D eigenvalue weighted by atomic mass is 9.64. The summed E-state index contributed by atoms with van der Waals surface area (Å²) in [6, 6.07) is 15.1. The zero-order valence-electron chi connectivity index (χ0n) is 12.6. The molecule has 3 rings (SSSR count). The molecule has 1 aliphatic carbocycles. The van der Waals surface area contributed by atoms with Crippen LogP contribution in [0.1, 0.15) is 24.8 Å². The Bertz CT molecular complexity index is 699. The van der Waals surface area contributed by atoms with E-state index < -0.39 is 0 Å². The number of urea groups is 1. The number of benzene rings is 2. The van der Waals surface area contributed by atoms with Crippen molar-refractivity contribution in [1.82, 2.24) is 5.32 Å². The van der Waals surface area contributed by atoms with Crippen molar-refractivity contribution in [2.24, 2.45) is 0 Å². The fraction of sp³-hybridized carbons (Fsp3) is 0.278. The summed E-state index contributed by atoms with van der Waals surface area (Å²) in [5.74, 6) is 0. The van der Waals surface area contributed by atoms with Crippen molar-refractivity contribution in [2.45, 2.75) is 24.7 Å². The second-order valence-electron chi connectivity index (χ2n) is 5.93. The average Bonchev–Trinajstić information content (AvgIpc) is 2.51. The predicted octanol–water partition coefficient (Wildman–Crippen LogP) is 5.24. The van der Waals surface area contributed by atoms with Gasteiger partial charge in [-0.15, -0.1) is 0 Å². The minimum Gasteiger partial charge on any atom is -0.337 e. The van der Waals surface area contributed by atoms with Crippen LogP contribution in [-0.2, 0) is 5.41 Å². The Balaban J connectivity index is 1.63. The third-order valence-electron chi connectivity index (χ3n) is 4.46. The molecule has 23 heavy (non-hydrogen) atoms. The molecule has 0 aromatic heterocycles. The molecule has 2 amide bonds. The lowest BCUT2D eigenvalue weighted by molar-refractivity contribution is 0.222. The molecule has 0 radical (unpaired) electrons. The smallest absolute Gasteiger partial charge is 0.319 e. The highest BCUT2D eigenvalue weighted by Crippen LogP contribution is 2.43. The molecule has 0 saturated heterocycles. The number of hydrogen-bond acceptors (Lipinski definition) is 1. The molecular weight excluding hydrogens is 331 g/mol. The number of hydrogen-bond donors (Lipinski definition) is 2. The van der Waals surface area contributed by atoms with Gasteiger partial charge in [-0.1, -0.05) is 60.0 Å². The molecule has 1 saturated carbocycles. The zero-order chi connectivity index (χ0) is 16.3. The van der Waals surface area contributed by atoms with Crippen LogP contribution >= 0.6 is 23.2 Å². The highest BCUT2D eigenvalue weighted by atomic mass is 35.5. The lowest BCUT2D eigenvalue weighted by Crippen LogP contribution is -2.46. The average molecular weight is 349 g/mol. The molecule has 0 aliphatic heterocycles. The summed E-state index contributed by atoms with van der Waals surface area (Å²) in [6.07, 6.45) is 3.38. The summed E-state index contributed by atoms with van der Waals surface area (Å²) in [6.45, 7) is 0.612. The predicted molar refractivity (Wildman–Crippen MR) is 95.5 cm³/mol. The van der Waals surface area contributed by atoms with E-state index in [1.165, 1.54) is 12.0 Å². The molecule has 0 unspecified atom stereocenters. The van der Waals surface area contributed by atoms with Crippen molar-refractivity contribution in [3.05, 3.63) is 64.1 Å². The van der Waals surface area contributed by atoms with Crippen LogP contribution in [0.5, 0.6) is 0 Å². The van der Waals surface area contributed by atoms with E-state index in [4.69, 9.17) is 23.2 Å². The maximum absolute atomic E-state index is 12.2. The minimum absolute atomic E-state index is 0.0523. The Hall–Kier alpha value is -1.71. The van der Waals surface area contributed by atoms with Crippen LogP contribution in [0.25, 0.3) is 0 Å². The number of carbonyl (C=O) groups excluding carboxylic acids is 1. The van der Waals surface area contributed by atoms with Crippen LogP contribution in [0.15, 0.2) is 48.5 Å². The van der Waals surface area contributed by atoms with Crippen LogP contribution in [0.2, 0.25) is 10.0 Å². The number of carbonyl (C=O) groups is 1. The summed E-state index contributed by atoms with van der Waals surface area (Å²) in [4.78, 5) is 12.2.